The summed E-state index contributed by atoms with van der Waals surface area (Å²) in [7, 11) is 0. The number of nitrogens with zero attached hydrogens (tertiary/aromatic N) is 3. The van der Waals surface area contributed by atoms with Crippen molar-refractivity contribution in [3.63, 3.8) is 0 Å². The Morgan fingerprint density at radius 1 is 1.06 bits per heavy atom. The summed E-state index contributed by atoms with van der Waals surface area (Å²) in [5.41, 5.74) is 8.58. The lowest BCUT2D eigenvalue weighted by molar-refractivity contribution is -0.121. The van der Waals surface area contributed by atoms with Crippen molar-refractivity contribution in [3.8, 4) is 5.69 Å². The highest BCUT2D eigenvalue weighted by Crippen LogP contribution is 2.28. The van der Waals surface area contributed by atoms with Gasteiger partial charge < -0.3 is 9.73 Å². The van der Waals surface area contributed by atoms with Gasteiger partial charge in [-0.05, 0) is 101 Å². The minimum Gasteiger partial charge on any atom is -0.469 e. The normalized spacial score (nSPS) is 12.3. The van der Waals surface area contributed by atoms with Crippen LogP contribution in [0.1, 0.15) is 59.2 Å². The van der Waals surface area contributed by atoms with E-state index in [4.69, 9.17) is 14.5 Å². The van der Waals surface area contributed by atoms with Crippen LogP contribution in [-0.2, 0) is 17.6 Å². The first kappa shape index (κ1) is 23.7. The Morgan fingerprint density at radius 3 is 2.56 bits per heavy atom. The third-order valence-electron chi connectivity index (χ3n) is 6.72. The summed E-state index contributed by atoms with van der Waals surface area (Å²) in [4.78, 5) is 17.6. The quantitative estimate of drug-likeness (QED) is 0.372. The Morgan fingerprint density at radius 2 is 1.85 bits per heavy atom. The van der Waals surface area contributed by atoms with Crippen LogP contribution < -0.4 is 5.32 Å². The first-order chi connectivity index (χ1) is 16.2. The molecule has 6 heteroatoms. The van der Waals surface area contributed by atoms with Crippen LogP contribution in [0.2, 0.25) is 0 Å². The Balaban J connectivity index is 1.49. The van der Waals surface area contributed by atoms with Crippen molar-refractivity contribution < 1.29 is 9.21 Å². The van der Waals surface area contributed by atoms with E-state index in [2.05, 4.69) is 44.3 Å². The van der Waals surface area contributed by atoms with E-state index < -0.39 is 0 Å². The maximum atomic E-state index is 12.6. The lowest BCUT2D eigenvalue weighted by atomic mass is 9.99. The molecule has 0 aliphatic rings. The molecular weight excluding hydrogens is 424 g/mol. The maximum absolute atomic E-state index is 12.6. The molecule has 0 saturated carbocycles. The van der Waals surface area contributed by atoms with E-state index in [-0.39, 0.29) is 11.9 Å². The fourth-order valence-corrected chi connectivity index (χ4v) is 4.58. The highest BCUT2D eigenvalue weighted by molar-refractivity contribution is 5.85. The van der Waals surface area contributed by atoms with Crippen molar-refractivity contribution >= 4 is 16.9 Å². The Kier molecular flexibility index (Phi) is 6.87. The lowest BCUT2D eigenvalue weighted by Crippen LogP contribution is -2.33. The summed E-state index contributed by atoms with van der Waals surface area (Å²) in [5, 5.41) is 9.01. The van der Waals surface area contributed by atoms with Gasteiger partial charge in [-0.3, -0.25) is 4.79 Å². The van der Waals surface area contributed by atoms with Gasteiger partial charge in [0.25, 0.3) is 0 Å². The van der Waals surface area contributed by atoms with Gasteiger partial charge in [-0.15, -0.1) is 0 Å². The van der Waals surface area contributed by atoms with Gasteiger partial charge in [0.15, 0.2) is 5.65 Å². The van der Waals surface area contributed by atoms with E-state index >= 15 is 0 Å². The molecule has 34 heavy (non-hydrogen) atoms. The summed E-state index contributed by atoms with van der Waals surface area (Å²) in [5.74, 6) is 1.01. The number of aryl methyl sites for hydroxylation is 6. The van der Waals surface area contributed by atoms with Gasteiger partial charge in [0.05, 0.1) is 17.6 Å². The van der Waals surface area contributed by atoms with Crippen LogP contribution in [0.4, 0.5) is 0 Å². The van der Waals surface area contributed by atoms with E-state index in [1.54, 1.807) is 6.26 Å². The molecule has 3 heterocycles. The fourth-order valence-electron chi connectivity index (χ4n) is 4.58. The summed E-state index contributed by atoms with van der Waals surface area (Å²) >= 11 is 0. The second-order valence-electron chi connectivity index (χ2n) is 9.35. The fraction of sp³-hybridized carbons (Fsp3) is 0.393. The highest BCUT2D eigenvalue weighted by atomic mass is 16.3. The number of aromatic nitrogens is 3. The van der Waals surface area contributed by atoms with Crippen LogP contribution in [0.5, 0.6) is 0 Å². The number of benzene rings is 1. The molecule has 0 spiro atoms. The summed E-state index contributed by atoms with van der Waals surface area (Å²) in [6.07, 6.45) is 4.44. The van der Waals surface area contributed by atoms with Gasteiger partial charge in [-0.1, -0.05) is 6.07 Å². The molecule has 0 saturated heterocycles. The van der Waals surface area contributed by atoms with E-state index in [9.17, 15) is 4.79 Å². The van der Waals surface area contributed by atoms with Crippen LogP contribution in [0.3, 0.4) is 0 Å². The summed E-state index contributed by atoms with van der Waals surface area (Å²) in [6.45, 7) is 12.4. The van der Waals surface area contributed by atoms with Crippen molar-refractivity contribution in [2.45, 2.75) is 73.3 Å². The molecule has 3 aromatic heterocycles. The van der Waals surface area contributed by atoms with Gasteiger partial charge in [0.2, 0.25) is 5.91 Å². The first-order valence-electron chi connectivity index (χ1n) is 12.0. The molecule has 1 atom stereocenters. The molecule has 4 rings (SSSR count). The van der Waals surface area contributed by atoms with Crippen molar-refractivity contribution in [2.24, 2.45) is 0 Å². The number of carbonyl (C=O) groups is 1. The molecule has 6 nitrogen and oxygen atoms in total. The third kappa shape index (κ3) is 4.91. The summed E-state index contributed by atoms with van der Waals surface area (Å²) in [6, 6.07) is 10.3. The lowest BCUT2D eigenvalue weighted by Gasteiger charge is -2.15. The number of carbonyl (C=O) groups excluding carboxylic acids is 1. The predicted molar refractivity (Wildman–Crippen MR) is 136 cm³/mol. The zero-order valence-electron chi connectivity index (χ0n) is 21.0. The molecule has 0 aliphatic carbocycles. The molecule has 1 aromatic carbocycles. The maximum Gasteiger partial charge on any atom is 0.220 e. The number of fused-ring (bicyclic) bond motifs is 1. The van der Waals surface area contributed by atoms with E-state index in [0.29, 0.717) is 12.8 Å². The zero-order chi connectivity index (χ0) is 24.4. The standard InChI is InChI=1S/C28H34N4O2/c1-17-9-11-23(16-18(17)2)32-28-27(22(6)31-32)20(4)25(21(5)30-28)13-14-26(33)29-19(3)10-12-24-8-7-15-34-24/h7-9,11,15-16,19H,10,12-14H2,1-6H3,(H,29,33). The largest absolute Gasteiger partial charge is 0.469 e. The number of furan rings is 1. The van der Waals surface area contributed by atoms with Crippen molar-refractivity contribution in [1.82, 2.24) is 20.1 Å². The average molecular weight is 459 g/mol. The molecule has 4 aromatic rings. The number of pyridine rings is 1. The molecule has 0 fully saturated rings. The van der Waals surface area contributed by atoms with Crippen LogP contribution in [0.25, 0.3) is 16.7 Å². The number of rotatable bonds is 8. The minimum absolute atomic E-state index is 0.0633. The number of nitrogens with one attached hydrogen (secondary N) is 1. The molecule has 178 valence electrons. The minimum atomic E-state index is 0.0633. The Hall–Kier alpha value is -3.41. The SMILES string of the molecule is Cc1ccc(-n2nc(C)c3c(C)c(CCC(=O)NC(C)CCc4ccco4)c(C)nc32)cc1C. The van der Waals surface area contributed by atoms with Gasteiger partial charge in [0, 0.05) is 30.0 Å². The molecule has 0 bridgehead atoms. The van der Waals surface area contributed by atoms with Gasteiger partial charge in [-0.2, -0.15) is 5.10 Å². The van der Waals surface area contributed by atoms with Crippen LogP contribution in [0, 0.1) is 34.6 Å². The Labute approximate surface area is 201 Å². The van der Waals surface area contributed by atoms with E-state index in [1.807, 2.05) is 37.6 Å². The van der Waals surface area contributed by atoms with Gasteiger partial charge in [-0.25, -0.2) is 9.67 Å². The topological polar surface area (TPSA) is 73.0 Å². The summed E-state index contributed by atoms with van der Waals surface area (Å²) < 4.78 is 7.32. The molecule has 0 aliphatic heterocycles. The smallest absolute Gasteiger partial charge is 0.220 e. The molecule has 1 N–H and O–H groups in total. The van der Waals surface area contributed by atoms with Crippen molar-refractivity contribution in [2.75, 3.05) is 0 Å². The first-order valence-corrected chi connectivity index (χ1v) is 12.0. The molecule has 1 unspecified atom stereocenters. The van der Waals surface area contributed by atoms with Crippen LogP contribution in [0.15, 0.2) is 41.0 Å². The molecule has 0 radical (unpaired) electrons. The number of hydrogen-bond donors (Lipinski definition) is 1. The van der Waals surface area contributed by atoms with Gasteiger partial charge in [0.1, 0.15) is 5.76 Å². The molecular formula is C28H34N4O2. The van der Waals surface area contributed by atoms with Crippen molar-refractivity contribution in [3.05, 3.63) is 76.0 Å². The predicted octanol–water partition coefficient (Wildman–Crippen LogP) is 5.63. The average Bonchev–Trinajstić information content (AvgIpc) is 3.42. The van der Waals surface area contributed by atoms with Crippen LogP contribution >= 0.6 is 0 Å². The van der Waals surface area contributed by atoms with Crippen LogP contribution in [-0.4, -0.2) is 26.7 Å². The number of hydrogen-bond acceptors (Lipinski definition) is 4. The third-order valence-corrected chi connectivity index (χ3v) is 6.72. The van der Waals surface area contributed by atoms with Gasteiger partial charge >= 0.3 is 0 Å². The molecule has 1 amide bonds. The van der Waals surface area contributed by atoms with E-state index in [0.717, 1.165) is 57.8 Å². The second-order valence-corrected chi connectivity index (χ2v) is 9.35. The zero-order valence-corrected chi connectivity index (χ0v) is 21.0. The monoisotopic (exact) mass is 458 g/mol. The highest BCUT2D eigenvalue weighted by Gasteiger charge is 2.19. The van der Waals surface area contributed by atoms with Crippen molar-refractivity contribution in [1.29, 1.82) is 0 Å². The van der Waals surface area contributed by atoms with E-state index in [1.165, 1.54) is 11.1 Å². The number of amides is 1. The second kappa shape index (κ2) is 9.84. The Bertz CT molecular complexity index is 1320.